The van der Waals surface area contributed by atoms with E-state index in [4.69, 9.17) is 17.3 Å². The summed E-state index contributed by atoms with van der Waals surface area (Å²) < 4.78 is 1.09. The molecule has 1 aromatic carbocycles. The number of aryl methyl sites for hydroxylation is 1. The van der Waals surface area contributed by atoms with Crippen LogP contribution in [0.25, 0.3) is 10.4 Å². The van der Waals surface area contributed by atoms with Gasteiger partial charge in [0.1, 0.15) is 0 Å². The Morgan fingerprint density at radius 2 is 2.11 bits per heavy atom. The molecule has 0 spiro atoms. The minimum Gasteiger partial charge on any atom is -0.323 e. The van der Waals surface area contributed by atoms with Crippen molar-refractivity contribution in [1.29, 1.82) is 0 Å². The van der Waals surface area contributed by atoms with Crippen LogP contribution < -0.4 is 5.73 Å². The van der Waals surface area contributed by atoms with E-state index in [1.165, 1.54) is 22.6 Å². The third-order valence-corrected chi connectivity index (χ3v) is 5.88. The molecular formula is C15H15BrClNS. The van der Waals surface area contributed by atoms with E-state index in [0.29, 0.717) is 5.92 Å². The predicted octanol–water partition coefficient (Wildman–Crippen LogP) is 5.55. The van der Waals surface area contributed by atoms with E-state index < -0.39 is 0 Å². The van der Waals surface area contributed by atoms with Gasteiger partial charge in [-0.2, -0.15) is 0 Å². The smallest absolute Gasteiger partial charge is 0.0442 e. The van der Waals surface area contributed by atoms with Crippen LogP contribution in [0.3, 0.4) is 0 Å². The molecule has 0 radical (unpaired) electrons. The average molecular weight is 357 g/mol. The minimum absolute atomic E-state index is 0.207. The van der Waals surface area contributed by atoms with Crippen molar-refractivity contribution in [1.82, 2.24) is 0 Å². The van der Waals surface area contributed by atoms with Crippen molar-refractivity contribution >= 4 is 38.9 Å². The number of rotatable bonds is 3. The molecule has 4 heteroatoms. The quantitative estimate of drug-likeness (QED) is 0.766. The number of hydrogen-bond acceptors (Lipinski definition) is 2. The molecule has 1 aliphatic rings. The molecule has 1 nitrogen and oxygen atoms in total. The highest BCUT2D eigenvalue weighted by Gasteiger charge is 2.30. The van der Waals surface area contributed by atoms with Crippen molar-refractivity contribution < 1.29 is 0 Å². The first-order valence-electron chi connectivity index (χ1n) is 6.37. The number of thiophene rings is 1. The van der Waals surface area contributed by atoms with Crippen LogP contribution >= 0.6 is 38.9 Å². The van der Waals surface area contributed by atoms with Gasteiger partial charge < -0.3 is 5.73 Å². The van der Waals surface area contributed by atoms with E-state index in [2.05, 4.69) is 34.1 Å². The van der Waals surface area contributed by atoms with Crippen LogP contribution in [-0.2, 0) is 0 Å². The highest BCUT2D eigenvalue weighted by Crippen LogP contribution is 2.44. The topological polar surface area (TPSA) is 26.0 Å². The lowest BCUT2D eigenvalue weighted by atomic mass is 10.1. The maximum atomic E-state index is 6.26. The van der Waals surface area contributed by atoms with Crippen molar-refractivity contribution in [3.05, 3.63) is 44.2 Å². The van der Waals surface area contributed by atoms with Gasteiger partial charge in [0.15, 0.2) is 0 Å². The molecule has 19 heavy (non-hydrogen) atoms. The Labute approximate surface area is 130 Å². The van der Waals surface area contributed by atoms with Crippen LogP contribution in [-0.4, -0.2) is 0 Å². The van der Waals surface area contributed by atoms with E-state index in [1.54, 1.807) is 11.3 Å². The number of benzene rings is 1. The summed E-state index contributed by atoms with van der Waals surface area (Å²) in [6.07, 6.45) is 2.54. The number of hydrogen-bond donors (Lipinski definition) is 1. The minimum atomic E-state index is 0.207. The molecule has 0 amide bonds. The molecule has 1 atom stereocenters. The largest absolute Gasteiger partial charge is 0.323 e. The first-order valence-corrected chi connectivity index (χ1v) is 8.36. The van der Waals surface area contributed by atoms with Crippen LogP contribution in [0.2, 0.25) is 5.02 Å². The second kappa shape index (κ2) is 5.21. The number of nitrogens with two attached hydrogens (primary N) is 1. The van der Waals surface area contributed by atoms with Crippen LogP contribution in [0.4, 0.5) is 0 Å². The van der Waals surface area contributed by atoms with E-state index in [9.17, 15) is 0 Å². The molecule has 1 heterocycles. The standard InChI is InChI=1S/C15H15BrClNS/c1-8-6-11(16)10(7-12(8)17)13-4-5-14(19-13)15(18)9-2-3-9/h4-7,9,15H,2-3,18H2,1H3. The molecule has 0 bridgehead atoms. The Morgan fingerprint density at radius 3 is 2.79 bits per heavy atom. The summed E-state index contributed by atoms with van der Waals surface area (Å²) in [7, 11) is 0. The summed E-state index contributed by atoms with van der Waals surface area (Å²) in [6, 6.07) is 8.60. The van der Waals surface area contributed by atoms with Crippen molar-refractivity contribution in [3.8, 4) is 10.4 Å². The Kier molecular flexibility index (Phi) is 3.73. The third-order valence-electron chi connectivity index (χ3n) is 3.60. The Bertz CT molecular complexity index is 619. The zero-order valence-corrected chi connectivity index (χ0v) is 13.8. The molecule has 1 saturated carbocycles. The normalized spacial score (nSPS) is 16.6. The molecule has 1 aliphatic carbocycles. The van der Waals surface area contributed by atoms with E-state index in [1.807, 2.05) is 13.0 Å². The molecule has 3 rings (SSSR count). The van der Waals surface area contributed by atoms with Crippen LogP contribution in [0.5, 0.6) is 0 Å². The Morgan fingerprint density at radius 1 is 1.37 bits per heavy atom. The zero-order valence-electron chi connectivity index (χ0n) is 10.6. The van der Waals surface area contributed by atoms with Gasteiger partial charge in [-0.3, -0.25) is 0 Å². The van der Waals surface area contributed by atoms with E-state index in [-0.39, 0.29) is 6.04 Å². The molecule has 1 unspecified atom stereocenters. The van der Waals surface area contributed by atoms with Gasteiger partial charge in [-0.25, -0.2) is 0 Å². The lowest BCUT2D eigenvalue weighted by Crippen LogP contribution is -2.10. The van der Waals surface area contributed by atoms with Gasteiger partial charge in [-0.1, -0.05) is 27.5 Å². The SMILES string of the molecule is Cc1cc(Br)c(-c2ccc(C(N)C3CC3)s2)cc1Cl. The van der Waals surface area contributed by atoms with E-state index in [0.717, 1.165) is 20.6 Å². The molecule has 2 aromatic rings. The van der Waals surface area contributed by atoms with E-state index >= 15 is 0 Å². The monoisotopic (exact) mass is 355 g/mol. The van der Waals surface area contributed by atoms with Crippen molar-refractivity contribution in [3.63, 3.8) is 0 Å². The summed E-state index contributed by atoms with van der Waals surface area (Å²) in [5.41, 5.74) is 8.49. The van der Waals surface area contributed by atoms with Crippen LogP contribution in [0.15, 0.2) is 28.7 Å². The second-order valence-electron chi connectivity index (χ2n) is 5.15. The summed E-state index contributed by atoms with van der Waals surface area (Å²) in [5.74, 6) is 0.691. The molecule has 1 fully saturated rings. The van der Waals surface area contributed by atoms with Crippen molar-refractivity contribution in [2.45, 2.75) is 25.8 Å². The van der Waals surface area contributed by atoms with Gasteiger partial charge in [0.25, 0.3) is 0 Å². The maximum Gasteiger partial charge on any atom is 0.0442 e. The van der Waals surface area contributed by atoms with Gasteiger partial charge in [0, 0.05) is 30.9 Å². The van der Waals surface area contributed by atoms with Crippen LogP contribution in [0.1, 0.15) is 29.3 Å². The second-order valence-corrected chi connectivity index (χ2v) is 7.52. The molecule has 0 aliphatic heterocycles. The summed E-state index contributed by atoms with van der Waals surface area (Å²) in [6.45, 7) is 2.01. The van der Waals surface area contributed by atoms with Gasteiger partial charge in [-0.05, 0) is 55.5 Å². The summed E-state index contributed by atoms with van der Waals surface area (Å²) in [5, 5.41) is 0.805. The van der Waals surface area contributed by atoms with Gasteiger partial charge >= 0.3 is 0 Å². The zero-order chi connectivity index (χ0) is 13.6. The van der Waals surface area contributed by atoms with Gasteiger partial charge in [0.05, 0.1) is 0 Å². The summed E-state index contributed by atoms with van der Waals surface area (Å²) >= 11 is 11.6. The molecule has 100 valence electrons. The number of halogens is 2. The fourth-order valence-corrected chi connectivity index (χ4v) is 4.30. The molecule has 0 saturated heterocycles. The molecule has 2 N–H and O–H groups in total. The predicted molar refractivity (Wildman–Crippen MR) is 86.9 cm³/mol. The Balaban J connectivity index is 1.96. The average Bonchev–Trinajstić information content (AvgIpc) is 3.11. The molecule has 1 aromatic heterocycles. The first-order chi connectivity index (χ1) is 9.06. The Hall–Kier alpha value is -0.350. The van der Waals surface area contributed by atoms with Crippen molar-refractivity contribution in [2.75, 3.05) is 0 Å². The highest BCUT2D eigenvalue weighted by molar-refractivity contribution is 9.10. The van der Waals surface area contributed by atoms with Crippen molar-refractivity contribution in [2.24, 2.45) is 11.7 Å². The fraction of sp³-hybridized carbons (Fsp3) is 0.333. The fourth-order valence-electron chi connectivity index (χ4n) is 2.20. The van der Waals surface area contributed by atoms with Gasteiger partial charge in [0.2, 0.25) is 0 Å². The third kappa shape index (κ3) is 2.75. The first kappa shape index (κ1) is 13.6. The van der Waals surface area contributed by atoms with Crippen LogP contribution in [0, 0.1) is 12.8 Å². The lowest BCUT2D eigenvalue weighted by Gasteiger charge is -2.07. The van der Waals surface area contributed by atoms with Gasteiger partial charge in [-0.15, -0.1) is 11.3 Å². The molecular weight excluding hydrogens is 342 g/mol. The summed E-state index contributed by atoms with van der Waals surface area (Å²) in [4.78, 5) is 2.50. The maximum absolute atomic E-state index is 6.26. The lowest BCUT2D eigenvalue weighted by molar-refractivity contribution is 0.645. The highest BCUT2D eigenvalue weighted by atomic mass is 79.9.